The first-order chi connectivity index (χ1) is 18.8. The predicted molar refractivity (Wildman–Crippen MR) is 159 cm³/mol. The van der Waals surface area contributed by atoms with Crippen molar-refractivity contribution in [2.45, 2.75) is 77.6 Å². The second-order valence-corrected chi connectivity index (χ2v) is 13.2. The number of carbonyl (C=O) groups excluding carboxylic acids is 1. The zero-order chi connectivity index (χ0) is 26.9. The highest BCUT2D eigenvalue weighted by Gasteiger charge is 2.55. The highest BCUT2D eigenvalue weighted by molar-refractivity contribution is 6.04. The summed E-state index contributed by atoms with van der Waals surface area (Å²) in [5.74, 6) is 2.16. The lowest BCUT2D eigenvalue weighted by Crippen LogP contribution is -2.57. The zero-order valence-corrected chi connectivity index (χ0v) is 23.7. The van der Waals surface area contributed by atoms with Crippen molar-refractivity contribution in [1.29, 1.82) is 0 Å². The minimum Gasteiger partial charge on any atom is -0.462 e. The molecule has 4 aliphatic rings. The predicted octanol–water partition coefficient (Wildman–Crippen LogP) is 8.79. The van der Waals surface area contributed by atoms with Crippen molar-refractivity contribution in [2.24, 2.45) is 29.6 Å². The Balaban J connectivity index is 1.11. The number of esters is 1. The molecule has 0 amide bonds. The number of carbonyl (C=O) groups is 1. The van der Waals surface area contributed by atoms with Gasteiger partial charge in [-0.05, 0) is 138 Å². The molecule has 0 radical (unpaired) electrons. The summed E-state index contributed by atoms with van der Waals surface area (Å²) in [5.41, 5.74) is 0.874. The van der Waals surface area contributed by atoms with Crippen LogP contribution in [0.1, 0.15) is 65.4 Å². The summed E-state index contributed by atoms with van der Waals surface area (Å²) < 4.78 is 13.2. The number of rotatable bonds is 6. The third kappa shape index (κ3) is 4.34. The van der Waals surface area contributed by atoms with Crippen molar-refractivity contribution in [3.05, 3.63) is 72.3 Å². The van der Waals surface area contributed by atoms with Crippen molar-refractivity contribution in [1.82, 2.24) is 0 Å². The maximum absolute atomic E-state index is 12.6. The summed E-state index contributed by atoms with van der Waals surface area (Å²) in [5, 5.41) is 7.66. The molecular formula is C36H40O3. The lowest BCUT2D eigenvalue weighted by molar-refractivity contribution is -0.217. The van der Waals surface area contributed by atoms with Crippen LogP contribution in [0.5, 0.6) is 0 Å². The monoisotopic (exact) mass is 520 g/mol. The van der Waals surface area contributed by atoms with Crippen LogP contribution in [0, 0.1) is 29.6 Å². The molecule has 4 aromatic carbocycles. The van der Waals surface area contributed by atoms with Crippen molar-refractivity contribution in [3.63, 3.8) is 0 Å². The van der Waals surface area contributed by atoms with E-state index in [1.165, 1.54) is 37.9 Å². The molecule has 3 heteroatoms. The van der Waals surface area contributed by atoms with Gasteiger partial charge in [0.15, 0.2) is 0 Å². The van der Waals surface area contributed by atoms with Gasteiger partial charge in [0.2, 0.25) is 0 Å². The molecule has 1 atom stereocenters. The van der Waals surface area contributed by atoms with Gasteiger partial charge in [0.1, 0.15) is 6.10 Å². The third-order valence-corrected chi connectivity index (χ3v) is 10.3. The molecule has 4 fully saturated rings. The standard InChI is InChI=1S/C36H40O3/c1-5-21(2)35(37)38-33-28-16-30-18-29(33)19-31(17-28)34(30)39-36(3,4)32-11-10-24-14-25-12-22-8-6-7-9-23(22)13-26(25)15-27(24)20-32/h6-15,20-21,28-31,33-34H,5,16-19H2,1-4H3. The fourth-order valence-electron chi connectivity index (χ4n) is 8.06. The average Bonchev–Trinajstić information content (AvgIpc) is 2.92. The molecule has 4 aromatic rings. The fourth-order valence-corrected chi connectivity index (χ4v) is 8.06. The minimum absolute atomic E-state index is 0.00109. The first-order valence-corrected chi connectivity index (χ1v) is 15.0. The summed E-state index contributed by atoms with van der Waals surface area (Å²) in [7, 11) is 0. The summed E-state index contributed by atoms with van der Waals surface area (Å²) in [6.07, 6.45) is 5.78. The Morgan fingerprint density at radius 3 is 1.79 bits per heavy atom. The van der Waals surface area contributed by atoms with Gasteiger partial charge >= 0.3 is 5.97 Å². The second kappa shape index (κ2) is 9.34. The smallest absolute Gasteiger partial charge is 0.308 e. The van der Waals surface area contributed by atoms with E-state index in [0.717, 1.165) is 32.1 Å². The fraction of sp³-hybridized carbons (Fsp3) is 0.472. The van der Waals surface area contributed by atoms with E-state index in [1.807, 2.05) is 6.92 Å². The van der Waals surface area contributed by atoms with Crippen molar-refractivity contribution < 1.29 is 14.3 Å². The van der Waals surface area contributed by atoms with E-state index in [9.17, 15) is 4.79 Å². The molecule has 4 aliphatic carbocycles. The molecule has 39 heavy (non-hydrogen) atoms. The molecule has 4 bridgehead atoms. The molecule has 4 saturated carbocycles. The van der Waals surface area contributed by atoms with Crippen LogP contribution in [-0.4, -0.2) is 18.2 Å². The molecule has 0 aromatic heterocycles. The van der Waals surface area contributed by atoms with Crippen LogP contribution in [0.3, 0.4) is 0 Å². The molecule has 0 aliphatic heterocycles. The van der Waals surface area contributed by atoms with Crippen LogP contribution < -0.4 is 0 Å². The summed E-state index contributed by atoms with van der Waals surface area (Å²) in [6, 6.07) is 24.7. The normalized spacial score (nSPS) is 28.8. The second-order valence-electron chi connectivity index (χ2n) is 13.2. The van der Waals surface area contributed by atoms with Crippen LogP contribution in [0.25, 0.3) is 32.3 Å². The maximum atomic E-state index is 12.6. The van der Waals surface area contributed by atoms with Crippen LogP contribution in [0.15, 0.2) is 66.7 Å². The first-order valence-electron chi connectivity index (χ1n) is 15.0. The molecule has 202 valence electrons. The van der Waals surface area contributed by atoms with Crippen molar-refractivity contribution >= 4 is 38.3 Å². The number of benzene rings is 4. The Morgan fingerprint density at radius 1 is 0.744 bits per heavy atom. The molecular weight excluding hydrogens is 480 g/mol. The number of ether oxygens (including phenoxy) is 2. The van der Waals surface area contributed by atoms with E-state index in [2.05, 4.69) is 87.5 Å². The van der Waals surface area contributed by atoms with Gasteiger partial charge in [-0.3, -0.25) is 4.79 Å². The van der Waals surface area contributed by atoms with E-state index >= 15 is 0 Å². The minimum atomic E-state index is -0.366. The van der Waals surface area contributed by atoms with Gasteiger partial charge in [0.25, 0.3) is 0 Å². The van der Waals surface area contributed by atoms with Crippen LogP contribution in [0.2, 0.25) is 0 Å². The molecule has 1 unspecified atom stereocenters. The lowest BCUT2D eigenvalue weighted by Gasteiger charge is -2.58. The highest BCUT2D eigenvalue weighted by Crippen LogP contribution is 2.57. The number of fused-ring (bicyclic) bond motifs is 3. The van der Waals surface area contributed by atoms with E-state index < -0.39 is 0 Å². The van der Waals surface area contributed by atoms with Gasteiger partial charge in [-0.15, -0.1) is 0 Å². The van der Waals surface area contributed by atoms with Crippen LogP contribution in [0.4, 0.5) is 0 Å². The Hall–Kier alpha value is -2.91. The Labute approximate surface area is 231 Å². The average molecular weight is 521 g/mol. The van der Waals surface area contributed by atoms with Crippen LogP contribution >= 0.6 is 0 Å². The van der Waals surface area contributed by atoms with Gasteiger partial charge < -0.3 is 9.47 Å². The molecule has 3 nitrogen and oxygen atoms in total. The van der Waals surface area contributed by atoms with Gasteiger partial charge in [-0.25, -0.2) is 0 Å². The van der Waals surface area contributed by atoms with E-state index in [0.29, 0.717) is 23.7 Å². The zero-order valence-electron chi connectivity index (χ0n) is 23.7. The first kappa shape index (κ1) is 25.1. The molecule has 0 N–H and O–H groups in total. The van der Waals surface area contributed by atoms with Crippen molar-refractivity contribution in [3.8, 4) is 0 Å². The molecule has 8 rings (SSSR count). The molecule has 0 spiro atoms. The Morgan fingerprint density at radius 2 is 1.23 bits per heavy atom. The number of hydrogen-bond donors (Lipinski definition) is 0. The van der Waals surface area contributed by atoms with Crippen LogP contribution in [-0.2, 0) is 19.9 Å². The Bertz CT molecular complexity index is 1540. The number of hydrogen-bond acceptors (Lipinski definition) is 3. The highest BCUT2D eigenvalue weighted by atomic mass is 16.5. The summed E-state index contributed by atoms with van der Waals surface area (Å²) in [6.45, 7) is 8.53. The largest absolute Gasteiger partial charge is 0.462 e. The van der Waals surface area contributed by atoms with E-state index in [4.69, 9.17) is 9.47 Å². The molecule has 0 heterocycles. The van der Waals surface area contributed by atoms with Crippen molar-refractivity contribution in [2.75, 3.05) is 0 Å². The third-order valence-electron chi connectivity index (χ3n) is 10.3. The van der Waals surface area contributed by atoms with E-state index in [1.54, 1.807) is 0 Å². The maximum Gasteiger partial charge on any atom is 0.308 e. The Kier molecular flexibility index (Phi) is 6.00. The van der Waals surface area contributed by atoms with Gasteiger partial charge in [0.05, 0.1) is 17.6 Å². The quantitative estimate of drug-likeness (QED) is 0.188. The van der Waals surface area contributed by atoms with Gasteiger partial charge in [0, 0.05) is 0 Å². The lowest BCUT2D eigenvalue weighted by atomic mass is 9.53. The van der Waals surface area contributed by atoms with Gasteiger partial charge in [-0.2, -0.15) is 0 Å². The SMILES string of the molecule is CCC(C)C(=O)OC1C2CC3CC1CC(C2)C3OC(C)(C)c1ccc2cc3cc4ccccc4cc3cc2c1. The summed E-state index contributed by atoms with van der Waals surface area (Å²) >= 11 is 0. The van der Waals surface area contributed by atoms with E-state index in [-0.39, 0.29) is 29.7 Å². The van der Waals surface area contributed by atoms with Gasteiger partial charge in [-0.1, -0.05) is 50.2 Å². The molecule has 0 saturated heterocycles. The summed E-state index contributed by atoms with van der Waals surface area (Å²) in [4.78, 5) is 12.6. The topological polar surface area (TPSA) is 35.5 Å².